The summed E-state index contributed by atoms with van der Waals surface area (Å²) in [4.78, 5) is 30.6. The van der Waals surface area contributed by atoms with E-state index in [1.165, 1.54) is 35.2 Å². The summed E-state index contributed by atoms with van der Waals surface area (Å²) in [5.74, 6) is -0.728. The number of thioether (sulfide) groups is 1. The Morgan fingerprint density at radius 3 is 2.76 bits per heavy atom. The standard InChI is InChI=1S/C23H18BrClN4O4S/c1-4-9-34-23-26-21(32)19-15-7-5-6-8-18(15)28(12(2)30)22(29(19)27-23)16-10-14(25)11-17(24)20(16)33-13(3)31/h4-8,10-11,22H,1,9H2,2-3H3. The molecular weight excluding hydrogens is 544 g/mol. The summed E-state index contributed by atoms with van der Waals surface area (Å²) in [5, 5.41) is 18.4. The van der Waals surface area contributed by atoms with E-state index in [0.29, 0.717) is 32.1 Å². The number of esters is 1. The topological polar surface area (TPSA) is 99.3 Å². The molecule has 34 heavy (non-hydrogen) atoms. The third-order valence-corrected chi connectivity index (χ3v) is 6.59. The maximum Gasteiger partial charge on any atom is 0.308 e. The molecule has 1 aromatic heterocycles. The highest BCUT2D eigenvalue weighted by Gasteiger charge is 2.45. The van der Waals surface area contributed by atoms with Crippen molar-refractivity contribution in [3.8, 4) is 22.9 Å². The van der Waals surface area contributed by atoms with Crippen molar-refractivity contribution in [1.29, 1.82) is 0 Å². The van der Waals surface area contributed by atoms with E-state index in [9.17, 15) is 14.7 Å². The zero-order valence-corrected chi connectivity index (χ0v) is 21.3. The van der Waals surface area contributed by atoms with Crippen LogP contribution in [0.1, 0.15) is 25.6 Å². The number of nitrogens with zero attached hydrogens (tertiary/aromatic N) is 4. The Balaban J connectivity index is 2.09. The molecule has 174 valence electrons. The van der Waals surface area contributed by atoms with Crippen LogP contribution in [0.15, 0.2) is 58.7 Å². The minimum atomic E-state index is -0.981. The van der Waals surface area contributed by atoms with Gasteiger partial charge in [-0.25, -0.2) is 9.88 Å². The SMILES string of the molecule is C=CCSc1nc([O-])c2[n+](n1)C(c1cc(Cl)cc(Br)c1OC(C)=O)N(C(C)=O)c1ccccc1-2. The Bertz CT molecular complexity index is 1340. The number of benzene rings is 2. The summed E-state index contributed by atoms with van der Waals surface area (Å²) in [6.07, 6.45) is 0.690. The van der Waals surface area contributed by atoms with Crippen molar-refractivity contribution in [2.24, 2.45) is 0 Å². The maximum atomic E-state index is 13.2. The van der Waals surface area contributed by atoms with E-state index in [1.807, 2.05) is 0 Å². The third-order valence-electron chi connectivity index (χ3n) is 4.95. The molecule has 1 aliphatic rings. The number of rotatable bonds is 5. The minimum absolute atomic E-state index is 0.164. The summed E-state index contributed by atoms with van der Waals surface area (Å²) < 4.78 is 7.35. The van der Waals surface area contributed by atoms with Crippen molar-refractivity contribution in [2.75, 3.05) is 10.7 Å². The van der Waals surface area contributed by atoms with Gasteiger partial charge in [0.15, 0.2) is 5.75 Å². The fourth-order valence-corrected chi connectivity index (χ4v) is 5.25. The number of ether oxygens (including phenoxy) is 1. The Morgan fingerprint density at radius 1 is 1.35 bits per heavy atom. The first-order valence-corrected chi connectivity index (χ1v) is 12.2. The zero-order valence-electron chi connectivity index (χ0n) is 18.1. The van der Waals surface area contributed by atoms with Crippen LogP contribution in [0.2, 0.25) is 5.02 Å². The van der Waals surface area contributed by atoms with Crippen LogP contribution in [0.4, 0.5) is 5.69 Å². The van der Waals surface area contributed by atoms with Crippen LogP contribution in [0.3, 0.4) is 0 Å². The van der Waals surface area contributed by atoms with Crippen LogP contribution < -0.4 is 19.4 Å². The van der Waals surface area contributed by atoms with Crippen LogP contribution in [0, 0.1) is 0 Å². The van der Waals surface area contributed by atoms with Crippen molar-refractivity contribution in [1.82, 2.24) is 10.1 Å². The maximum absolute atomic E-state index is 13.2. The summed E-state index contributed by atoms with van der Waals surface area (Å²) in [7, 11) is 0. The first-order valence-electron chi connectivity index (χ1n) is 10.0. The van der Waals surface area contributed by atoms with E-state index in [1.54, 1.807) is 42.5 Å². The fraction of sp³-hybridized carbons (Fsp3) is 0.174. The molecule has 8 nitrogen and oxygen atoms in total. The molecule has 1 amide bonds. The molecule has 11 heteroatoms. The van der Waals surface area contributed by atoms with Gasteiger partial charge in [-0.05, 0) is 40.2 Å². The fourth-order valence-electron chi connectivity index (χ4n) is 3.77. The lowest BCUT2D eigenvalue weighted by Gasteiger charge is -2.33. The molecule has 0 N–H and O–H groups in total. The van der Waals surface area contributed by atoms with Crippen LogP contribution in [0.25, 0.3) is 11.3 Å². The van der Waals surface area contributed by atoms with Gasteiger partial charge in [-0.2, -0.15) is 0 Å². The first kappa shape index (κ1) is 24.2. The predicted molar refractivity (Wildman–Crippen MR) is 130 cm³/mol. The van der Waals surface area contributed by atoms with Crippen LogP contribution in [0.5, 0.6) is 11.6 Å². The van der Waals surface area contributed by atoms with Crippen molar-refractivity contribution >= 4 is 56.9 Å². The second-order valence-corrected chi connectivity index (χ2v) is 9.55. The van der Waals surface area contributed by atoms with Gasteiger partial charge in [-0.1, -0.05) is 46.3 Å². The van der Waals surface area contributed by atoms with Gasteiger partial charge in [0.25, 0.3) is 17.0 Å². The number of anilines is 1. The smallest absolute Gasteiger partial charge is 0.308 e. The van der Waals surface area contributed by atoms with E-state index in [0.717, 1.165) is 0 Å². The van der Waals surface area contributed by atoms with E-state index < -0.39 is 18.0 Å². The Labute approximate surface area is 213 Å². The van der Waals surface area contributed by atoms with Crippen molar-refractivity contribution in [3.05, 3.63) is 64.1 Å². The second-order valence-electron chi connectivity index (χ2n) is 7.27. The van der Waals surface area contributed by atoms with Gasteiger partial charge in [0.1, 0.15) is 0 Å². The largest absolute Gasteiger partial charge is 0.854 e. The molecule has 1 unspecified atom stereocenters. The number of carbonyl (C=O) groups excluding carboxylic acids is 2. The minimum Gasteiger partial charge on any atom is -0.854 e. The van der Waals surface area contributed by atoms with E-state index >= 15 is 0 Å². The van der Waals surface area contributed by atoms with Crippen molar-refractivity contribution in [3.63, 3.8) is 0 Å². The summed E-state index contributed by atoms with van der Waals surface area (Å²) in [6.45, 7) is 6.37. The summed E-state index contributed by atoms with van der Waals surface area (Å²) in [6, 6.07) is 10.2. The first-order chi connectivity index (χ1) is 16.2. The quantitative estimate of drug-likeness (QED) is 0.152. The van der Waals surface area contributed by atoms with Gasteiger partial charge in [-0.15, -0.1) is 6.58 Å². The average molecular weight is 562 g/mol. The molecule has 0 radical (unpaired) electrons. The van der Waals surface area contributed by atoms with Gasteiger partial charge in [0, 0.05) is 29.7 Å². The molecule has 1 atom stereocenters. The van der Waals surface area contributed by atoms with E-state index in [-0.39, 0.29) is 22.5 Å². The lowest BCUT2D eigenvalue weighted by Crippen LogP contribution is -2.59. The molecule has 0 saturated heterocycles. The number of halogens is 2. The highest BCUT2D eigenvalue weighted by atomic mass is 79.9. The predicted octanol–water partition coefficient (Wildman–Crippen LogP) is 4.04. The number of fused-ring (bicyclic) bond motifs is 3. The number of para-hydroxylation sites is 1. The highest BCUT2D eigenvalue weighted by molar-refractivity contribution is 9.10. The number of aromatic nitrogens is 3. The molecule has 2 heterocycles. The molecular formula is C23H18BrClN4O4S. The Kier molecular flexibility index (Phi) is 6.92. The van der Waals surface area contributed by atoms with Gasteiger partial charge in [-0.3, -0.25) is 9.59 Å². The van der Waals surface area contributed by atoms with Crippen molar-refractivity contribution < 1.29 is 24.1 Å². The van der Waals surface area contributed by atoms with E-state index in [2.05, 4.69) is 32.6 Å². The van der Waals surface area contributed by atoms with Gasteiger partial charge < -0.3 is 9.84 Å². The molecule has 0 saturated carbocycles. The summed E-state index contributed by atoms with van der Waals surface area (Å²) >= 11 is 11.0. The van der Waals surface area contributed by atoms with Crippen molar-refractivity contribution in [2.45, 2.75) is 25.2 Å². The molecule has 3 aromatic rings. The Hall–Kier alpha value is -2.95. The molecule has 0 spiro atoms. The summed E-state index contributed by atoms with van der Waals surface area (Å²) in [5.41, 5.74) is 1.57. The van der Waals surface area contributed by atoms with Gasteiger partial charge >= 0.3 is 5.97 Å². The number of hydrogen-bond donors (Lipinski definition) is 0. The Morgan fingerprint density at radius 2 is 2.09 bits per heavy atom. The number of amides is 1. The second kappa shape index (κ2) is 9.73. The van der Waals surface area contributed by atoms with Crippen LogP contribution in [-0.4, -0.2) is 27.7 Å². The molecule has 0 fully saturated rings. The van der Waals surface area contributed by atoms with Gasteiger partial charge in [0.2, 0.25) is 5.91 Å². The molecule has 1 aliphatic heterocycles. The van der Waals surface area contributed by atoms with E-state index in [4.69, 9.17) is 16.3 Å². The molecule has 0 aliphatic carbocycles. The third kappa shape index (κ3) is 4.40. The highest BCUT2D eigenvalue weighted by Crippen LogP contribution is 2.44. The number of hydrogen-bond acceptors (Lipinski definition) is 7. The normalized spacial score (nSPS) is 14.2. The van der Waals surface area contributed by atoms with Gasteiger partial charge in [0.05, 0.1) is 27.2 Å². The number of carbonyl (C=O) groups is 2. The lowest BCUT2D eigenvalue weighted by molar-refractivity contribution is -0.764. The molecule has 4 rings (SSSR count). The zero-order chi connectivity index (χ0) is 24.6. The lowest BCUT2D eigenvalue weighted by atomic mass is 10.0. The molecule has 2 aromatic carbocycles. The monoisotopic (exact) mass is 560 g/mol. The average Bonchev–Trinajstić information content (AvgIpc) is 2.77. The van der Waals surface area contributed by atoms with Crippen LogP contribution in [-0.2, 0) is 9.59 Å². The molecule has 0 bridgehead atoms. The van der Waals surface area contributed by atoms with Crippen LogP contribution >= 0.6 is 39.3 Å².